The number of H-pyrrole nitrogens is 1. The van der Waals surface area contributed by atoms with Crippen molar-refractivity contribution in [1.29, 1.82) is 0 Å². The molecule has 0 aliphatic rings. The molecule has 0 aliphatic heterocycles. The Balaban J connectivity index is 2.28. The number of guanidine groups is 2. The van der Waals surface area contributed by atoms with Gasteiger partial charge in [0.1, 0.15) is 66.5 Å². The zero-order chi connectivity index (χ0) is 79.4. The van der Waals surface area contributed by atoms with E-state index in [4.69, 9.17) is 34.4 Å². The number of aliphatic hydroxyl groups excluding tert-OH is 3. The Bertz CT molecular complexity index is 3380. The molecule has 14 atom stereocenters. The molecular formula is C63H103N21O21. The fourth-order valence-corrected chi connectivity index (χ4v) is 10.0. The number of carbonyl (C=O) groups is 15. The second-order valence-electron chi connectivity index (χ2n) is 25.0. The van der Waals surface area contributed by atoms with Gasteiger partial charge in [-0.3, -0.25) is 77.1 Å². The van der Waals surface area contributed by atoms with E-state index >= 15 is 0 Å². The van der Waals surface area contributed by atoms with Crippen LogP contribution >= 0.6 is 0 Å². The third-order valence-corrected chi connectivity index (χ3v) is 16.1. The Kier molecular flexibility index (Phi) is 39.5. The van der Waals surface area contributed by atoms with E-state index in [9.17, 15) is 103 Å². The summed E-state index contributed by atoms with van der Waals surface area (Å²) in [5, 5.41) is 88.4. The third-order valence-electron chi connectivity index (χ3n) is 16.1. The minimum absolute atomic E-state index is 0.0476. The van der Waals surface area contributed by atoms with Crippen molar-refractivity contribution in [2.45, 2.75) is 191 Å². The first kappa shape index (κ1) is 90.2. The van der Waals surface area contributed by atoms with Gasteiger partial charge in [-0.25, -0.2) is 4.79 Å². The average molecular weight is 1490 g/mol. The molecule has 0 bridgehead atoms. The van der Waals surface area contributed by atoms with Crippen LogP contribution in [0.25, 0.3) is 10.9 Å². The number of aromatic amines is 1. The van der Waals surface area contributed by atoms with E-state index in [1.165, 1.54) is 20.8 Å². The van der Waals surface area contributed by atoms with Gasteiger partial charge in [0.25, 0.3) is 0 Å². The molecule has 42 heteroatoms. The van der Waals surface area contributed by atoms with Crippen LogP contribution in [0.3, 0.4) is 0 Å². The number of nitrogens with zero attached hydrogens (tertiary/aromatic N) is 2. The minimum Gasteiger partial charge on any atom is -0.481 e. The highest BCUT2D eigenvalue weighted by Gasteiger charge is 2.38. The van der Waals surface area contributed by atoms with Gasteiger partial charge in [0.15, 0.2) is 11.9 Å². The Morgan fingerprint density at radius 1 is 0.495 bits per heavy atom. The molecule has 1 aromatic heterocycles. The van der Waals surface area contributed by atoms with Crippen molar-refractivity contribution in [3.05, 3.63) is 36.0 Å². The first-order valence-electron chi connectivity index (χ1n) is 33.7. The first-order valence-corrected chi connectivity index (χ1v) is 33.7. The number of aliphatic imine (C=N–C) groups is 2. The van der Waals surface area contributed by atoms with Gasteiger partial charge in [-0.15, -0.1) is 0 Å². The van der Waals surface area contributed by atoms with Crippen molar-refractivity contribution in [1.82, 2.24) is 68.8 Å². The lowest BCUT2D eigenvalue weighted by molar-refractivity contribution is -0.142. The summed E-state index contributed by atoms with van der Waals surface area (Å²) in [5.41, 5.74) is 34.5. The highest BCUT2D eigenvalue weighted by molar-refractivity contribution is 6.01. The lowest BCUT2D eigenvalue weighted by atomic mass is 9.97. The van der Waals surface area contributed by atoms with E-state index in [0.29, 0.717) is 42.3 Å². The van der Waals surface area contributed by atoms with Crippen molar-refractivity contribution in [2.75, 3.05) is 39.4 Å². The van der Waals surface area contributed by atoms with E-state index in [1.54, 1.807) is 44.3 Å². The maximum Gasteiger partial charge on any atom is 0.326 e. The van der Waals surface area contributed by atoms with Crippen LogP contribution in [0.4, 0.5) is 0 Å². The molecule has 1 aromatic carbocycles. The van der Waals surface area contributed by atoms with E-state index in [2.05, 4.69) is 62.8 Å². The number of hydrogen-bond acceptors (Lipinski definition) is 22. The SMILES string of the molecule is CC[C@H](C)[C@H](NC(=O)[C@H](CCCN=C(N)N)NC(=O)[C@@H](NC(=O)[C@H](CO)NC(=O)[C@@H](NC(=O)[C@H](CC(=O)O)NC(=O)CNC(=O)[C@H](CC(=O)O)NC(=O)[C@H](CO)NC(=O)[C@H](Cc1c[nH]c2ccccc12)NC(=O)[C@@H](N)CCCN=C(N)N)[C@@H](C)O)C(C)C)C(=O)N[C@@H](C)C(=O)N[C@@H](CCCCN)C(=O)O. The number of fused-ring (bicyclic) bond motifs is 1. The van der Waals surface area contributed by atoms with Gasteiger partial charge in [0.05, 0.1) is 44.7 Å². The van der Waals surface area contributed by atoms with Gasteiger partial charge in [-0.2, -0.15) is 0 Å². The van der Waals surface area contributed by atoms with Gasteiger partial charge in [-0.1, -0.05) is 52.3 Å². The number of aromatic nitrogens is 1. The summed E-state index contributed by atoms with van der Waals surface area (Å²) >= 11 is 0. The molecule has 0 spiro atoms. The Morgan fingerprint density at radius 3 is 1.50 bits per heavy atom. The second kappa shape index (κ2) is 46.0. The molecule has 105 heavy (non-hydrogen) atoms. The van der Waals surface area contributed by atoms with E-state index < -0.39 is 212 Å². The Morgan fingerprint density at radius 2 is 0.952 bits per heavy atom. The van der Waals surface area contributed by atoms with E-state index in [0.717, 1.165) is 6.92 Å². The molecule has 0 unspecified atom stereocenters. The van der Waals surface area contributed by atoms with Crippen LogP contribution in [0.1, 0.15) is 111 Å². The van der Waals surface area contributed by atoms with Gasteiger partial charge in [0, 0.05) is 36.6 Å². The number of amides is 12. The van der Waals surface area contributed by atoms with E-state index in [1.807, 2.05) is 16.0 Å². The first-order chi connectivity index (χ1) is 49.4. The molecule has 0 saturated carbocycles. The second-order valence-corrected chi connectivity index (χ2v) is 25.0. The molecule has 42 nitrogen and oxygen atoms in total. The summed E-state index contributed by atoms with van der Waals surface area (Å²) in [5.74, 6) is -20.3. The smallest absolute Gasteiger partial charge is 0.326 e. The Labute approximate surface area is 603 Å². The van der Waals surface area contributed by atoms with Crippen molar-refractivity contribution >= 4 is 112 Å². The molecule has 2 aromatic rings. The molecule has 0 aliphatic carbocycles. The highest BCUT2D eigenvalue weighted by atomic mass is 16.4. The molecule has 1 heterocycles. The fraction of sp³-hybridized carbons (Fsp3) is 0.603. The summed E-state index contributed by atoms with van der Waals surface area (Å²) in [6, 6.07) is -12.9. The zero-order valence-electron chi connectivity index (χ0n) is 59.2. The summed E-state index contributed by atoms with van der Waals surface area (Å²) in [7, 11) is 0. The van der Waals surface area contributed by atoms with Crippen LogP contribution < -0.4 is 98.2 Å². The monoisotopic (exact) mass is 1490 g/mol. The van der Waals surface area contributed by atoms with Crippen LogP contribution in [0, 0.1) is 11.8 Å². The van der Waals surface area contributed by atoms with Crippen LogP contribution in [0.5, 0.6) is 0 Å². The zero-order valence-corrected chi connectivity index (χ0v) is 59.2. The average Bonchev–Trinajstić information content (AvgIpc) is 1.68. The minimum atomic E-state index is -2.13. The van der Waals surface area contributed by atoms with E-state index in [-0.39, 0.29) is 63.5 Å². The third kappa shape index (κ3) is 32.2. The lowest BCUT2D eigenvalue weighted by Gasteiger charge is -2.30. The number of unbranched alkanes of at least 4 members (excludes halogenated alkanes) is 1. The molecule has 586 valence electrons. The molecule has 0 fully saturated rings. The molecule has 31 N–H and O–H groups in total. The molecule has 0 radical (unpaired) electrons. The maximum atomic E-state index is 14.2. The number of rotatable bonds is 49. The van der Waals surface area contributed by atoms with Crippen LogP contribution in [0.2, 0.25) is 0 Å². The molecule has 2 rings (SSSR count). The van der Waals surface area contributed by atoms with Crippen molar-refractivity contribution < 1.29 is 103 Å². The number of benzene rings is 1. The molecule has 0 saturated heterocycles. The number of para-hydroxylation sites is 1. The van der Waals surface area contributed by atoms with Crippen molar-refractivity contribution in [2.24, 2.45) is 56.2 Å². The maximum absolute atomic E-state index is 14.2. The number of carboxylic acids is 3. The quantitative estimate of drug-likeness (QED) is 0.0166. The van der Waals surface area contributed by atoms with Gasteiger partial charge in [0.2, 0.25) is 70.9 Å². The normalized spacial score (nSPS) is 15.1. The summed E-state index contributed by atoms with van der Waals surface area (Å²) in [6.45, 7) is 5.38. The standard InChI is InChI=1S/C63H103N21O21/c1-7-30(4)48(59(102)74-31(5)50(93)77-38(61(104)105)17-10-11-19-64)83-53(96)37(18-13-21-71-63(68)69)76-58(101)47(29(2)3)82-57(100)43(28-86)81-60(103)49(32(6)87)84-55(98)41(24-46(91)92)75-44(88)26-73-52(95)40(23-45(89)90)79-56(99)42(27-85)80-54(97)39(22-33-25-72-36-16-9-8-14-34(33)36)78-51(94)35(65)15-12-20-70-62(66)67/h8-9,14,16,25,29-32,35,37-43,47-49,72,85-87H,7,10-13,15,17-24,26-28,64-65H2,1-6H3,(H,73,95)(H,74,102)(H,75,88)(H,76,101)(H,77,93)(H,78,94)(H,79,99)(H,80,97)(H,81,103)(H,82,100)(H,83,96)(H,84,98)(H,89,90)(H,91,92)(H,104,105)(H4,66,67,70)(H4,68,69,71)/t30-,31-,32+,35-,37-,38-,39-,40-,41-,42-,43-,47-,48-,49-/m0/s1. The number of carboxylic acid groups (broad SMARTS) is 3. The summed E-state index contributed by atoms with van der Waals surface area (Å²) in [4.78, 5) is 211. The highest BCUT2D eigenvalue weighted by Crippen LogP contribution is 2.20. The number of aliphatic hydroxyl groups is 3. The van der Waals surface area contributed by atoms with Crippen LogP contribution in [0.15, 0.2) is 40.4 Å². The number of aliphatic carboxylic acids is 3. The van der Waals surface area contributed by atoms with Crippen molar-refractivity contribution in [3.63, 3.8) is 0 Å². The molecular weight excluding hydrogens is 1390 g/mol. The number of nitrogens with one attached hydrogen (secondary N) is 13. The predicted molar refractivity (Wildman–Crippen MR) is 375 cm³/mol. The molecule has 12 amide bonds. The number of hydrogen-bond donors (Lipinski definition) is 25. The van der Waals surface area contributed by atoms with Crippen LogP contribution in [-0.4, -0.2) is 254 Å². The van der Waals surface area contributed by atoms with Crippen LogP contribution in [-0.2, 0) is 78.3 Å². The van der Waals surface area contributed by atoms with Gasteiger partial charge < -0.3 is 134 Å². The van der Waals surface area contributed by atoms with Gasteiger partial charge >= 0.3 is 17.9 Å². The summed E-state index contributed by atoms with van der Waals surface area (Å²) in [6.07, 6.45) is -1.47. The van der Waals surface area contributed by atoms with Crippen molar-refractivity contribution in [3.8, 4) is 0 Å². The summed E-state index contributed by atoms with van der Waals surface area (Å²) < 4.78 is 0. The number of carbonyl (C=O) groups excluding carboxylic acids is 12. The predicted octanol–water partition coefficient (Wildman–Crippen LogP) is -9.16. The largest absolute Gasteiger partial charge is 0.481 e. The Hall–Kier alpha value is -10.8. The number of nitrogens with two attached hydrogens (primary N) is 6. The fourth-order valence-electron chi connectivity index (χ4n) is 10.0. The topological polar surface area (TPSA) is 718 Å². The lowest BCUT2D eigenvalue weighted by Crippen LogP contribution is -2.63. The van der Waals surface area contributed by atoms with Gasteiger partial charge in [-0.05, 0) is 88.8 Å².